The van der Waals surface area contributed by atoms with Crippen LogP contribution in [-0.2, 0) is 6.61 Å². The van der Waals surface area contributed by atoms with E-state index in [1.807, 2.05) is 32.0 Å². The Morgan fingerprint density at radius 2 is 2.11 bits per heavy atom. The second-order valence-corrected chi connectivity index (χ2v) is 4.74. The van der Waals surface area contributed by atoms with Gasteiger partial charge in [-0.15, -0.1) is 0 Å². The number of benzene rings is 1. The standard InChI is InChI=1S/C14H18N2O3/c1-9(2)14-15-13(16-19-14)8-18-12-6-4-5-11(7-12)10(3)17/h4-7,9-10,17H,8H2,1-3H3. The summed E-state index contributed by atoms with van der Waals surface area (Å²) in [5, 5.41) is 13.4. The van der Waals surface area contributed by atoms with Gasteiger partial charge in [0.15, 0.2) is 6.61 Å². The Morgan fingerprint density at radius 1 is 1.32 bits per heavy atom. The van der Waals surface area contributed by atoms with Crippen molar-refractivity contribution in [3.8, 4) is 5.75 Å². The number of hydrogen-bond donors (Lipinski definition) is 1. The topological polar surface area (TPSA) is 68.4 Å². The fourth-order valence-electron chi connectivity index (χ4n) is 1.57. The maximum atomic E-state index is 9.50. The molecule has 1 aromatic carbocycles. The van der Waals surface area contributed by atoms with Crippen LogP contribution in [0.1, 0.15) is 50.1 Å². The van der Waals surface area contributed by atoms with Crippen molar-refractivity contribution in [1.29, 1.82) is 0 Å². The number of nitrogens with zero attached hydrogens (tertiary/aromatic N) is 2. The summed E-state index contributed by atoms with van der Waals surface area (Å²) in [6.07, 6.45) is -0.513. The first-order chi connectivity index (χ1) is 9.06. The summed E-state index contributed by atoms with van der Waals surface area (Å²) in [4.78, 5) is 4.23. The molecule has 0 amide bonds. The van der Waals surface area contributed by atoms with Gasteiger partial charge in [0, 0.05) is 5.92 Å². The minimum Gasteiger partial charge on any atom is -0.485 e. The van der Waals surface area contributed by atoms with Gasteiger partial charge in [0.1, 0.15) is 5.75 Å². The first-order valence-electron chi connectivity index (χ1n) is 6.29. The summed E-state index contributed by atoms with van der Waals surface area (Å²) in [6, 6.07) is 7.32. The van der Waals surface area contributed by atoms with Gasteiger partial charge >= 0.3 is 0 Å². The van der Waals surface area contributed by atoms with Crippen molar-refractivity contribution >= 4 is 0 Å². The molecular formula is C14H18N2O3. The van der Waals surface area contributed by atoms with Crippen LogP contribution in [0.25, 0.3) is 0 Å². The van der Waals surface area contributed by atoms with Gasteiger partial charge in [-0.3, -0.25) is 0 Å². The molecule has 0 aliphatic rings. The van der Waals surface area contributed by atoms with E-state index in [9.17, 15) is 5.11 Å². The van der Waals surface area contributed by atoms with Gasteiger partial charge in [0.2, 0.25) is 11.7 Å². The van der Waals surface area contributed by atoms with Crippen molar-refractivity contribution in [2.24, 2.45) is 0 Å². The van der Waals surface area contributed by atoms with E-state index in [1.165, 1.54) is 0 Å². The number of aliphatic hydroxyl groups excluding tert-OH is 1. The fourth-order valence-corrected chi connectivity index (χ4v) is 1.57. The SMILES string of the molecule is CC(C)c1nc(COc2cccc(C(C)O)c2)no1. The van der Waals surface area contributed by atoms with Crippen LogP contribution >= 0.6 is 0 Å². The van der Waals surface area contributed by atoms with Crippen molar-refractivity contribution in [3.63, 3.8) is 0 Å². The summed E-state index contributed by atoms with van der Waals surface area (Å²) in [7, 11) is 0. The molecule has 0 radical (unpaired) electrons. The lowest BCUT2D eigenvalue weighted by molar-refractivity contribution is 0.198. The summed E-state index contributed by atoms with van der Waals surface area (Å²) in [5.74, 6) is 2.01. The average molecular weight is 262 g/mol. The van der Waals surface area contributed by atoms with E-state index in [0.29, 0.717) is 17.5 Å². The quantitative estimate of drug-likeness (QED) is 0.897. The number of ether oxygens (including phenoxy) is 1. The van der Waals surface area contributed by atoms with E-state index >= 15 is 0 Å². The molecule has 0 saturated heterocycles. The van der Waals surface area contributed by atoms with E-state index in [-0.39, 0.29) is 12.5 Å². The normalized spacial score (nSPS) is 12.7. The first kappa shape index (κ1) is 13.5. The average Bonchev–Trinajstić information content (AvgIpc) is 2.85. The van der Waals surface area contributed by atoms with Crippen LogP contribution < -0.4 is 4.74 Å². The maximum absolute atomic E-state index is 9.50. The second-order valence-electron chi connectivity index (χ2n) is 4.74. The highest BCUT2D eigenvalue weighted by atomic mass is 16.5. The third-order valence-electron chi connectivity index (χ3n) is 2.69. The number of aliphatic hydroxyl groups is 1. The van der Waals surface area contributed by atoms with Crippen LogP contribution in [-0.4, -0.2) is 15.2 Å². The van der Waals surface area contributed by atoms with E-state index < -0.39 is 6.10 Å². The molecule has 0 aliphatic heterocycles. The Balaban J connectivity index is 1.99. The van der Waals surface area contributed by atoms with Crippen molar-refractivity contribution in [2.75, 3.05) is 0 Å². The molecule has 1 aromatic heterocycles. The predicted octanol–water partition coefficient (Wildman–Crippen LogP) is 2.83. The van der Waals surface area contributed by atoms with Gasteiger partial charge in [-0.2, -0.15) is 4.98 Å². The lowest BCUT2D eigenvalue weighted by Gasteiger charge is -2.07. The second kappa shape index (κ2) is 5.84. The van der Waals surface area contributed by atoms with Crippen LogP contribution in [0.3, 0.4) is 0 Å². The lowest BCUT2D eigenvalue weighted by atomic mass is 10.1. The molecule has 0 aliphatic carbocycles. The van der Waals surface area contributed by atoms with Gasteiger partial charge in [-0.05, 0) is 24.6 Å². The number of rotatable bonds is 5. The zero-order valence-electron chi connectivity index (χ0n) is 11.3. The smallest absolute Gasteiger partial charge is 0.229 e. The van der Waals surface area contributed by atoms with Gasteiger partial charge in [0.05, 0.1) is 6.10 Å². The van der Waals surface area contributed by atoms with E-state index in [1.54, 1.807) is 13.0 Å². The number of aromatic nitrogens is 2. The number of hydrogen-bond acceptors (Lipinski definition) is 5. The van der Waals surface area contributed by atoms with Crippen LogP contribution in [0.4, 0.5) is 0 Å². The highest BCUT2D eigenvalue weighted by Crippen LogP contribution is 2.19. The van der Waals surface area contributed by atoms with E-state index in [0.717, 1.165) is 5.56 Å². The van der Waals surface area contributed by atoms with Crippen molar-refractivity contribution in [2.45, 2.75) is 39.4 Å². The Kier molecular flexibility index (Phi) is 4.16. The minimum atomic E-state index is -0.513. The molecule has 0 fully saturated rings. The summed E-state index contributed by atoms with van der Waals surface area (Å²) >= 11 is 0. The third kappa shape index (κ3) is 3.54. The largest absolute Gasteiger partial charge is 0.485 e. The van der Waals surface area contributed by atoms with Crippen LogP contribution in [0.2, 0.25) is 0 Å². The van der Waals surface area contributed by atoms with Crippen LogP contribution in [0, 0.1) is 0 Å². The van der Waals surface area contributed by atoms with Gasteiger partial charge < -0.3 is 14.4 Å². The molecule has 1 N–H and O–H groups in total. The molecule has 0 spiro atoms. The van der Waals surface area contributed by atoms with Gasteiger partial charge in [-0.25, -0.2) is 0 Å². The van der Waals surface area contributed by atoms with Gasteiger partial charge in [-0.1, -0.05) is 31.1 Å². The molecule has 2 rings (SSSR count). The Morgan fingerprint density at radius 3 is 2.74 bits per heavy atom. The predicted molar refractivity (Wildman–Crippen MR) is 69.8 cm³/mol. The third-order valence-corrected chi connectivity index (χ3v) is 2.69. The molecule has 2 aromatic rings. The molecule has 0 bridgehead atoms. The Labute approximate surface area is 112 Å². The molecule has 5 nitrogen and oxygen atoms in total. The van der Waals surface area contributed by atoms with Crippen molar-refractivity contribution in [3.05, 3.63) is 41.5 Å². The highest BCUT2D eigenvalue weighted by molar-refractivity contribution is 5.29. The lowest BCUT2D eigenvalue weighted by Crippen LogP contribution is -1.99. The molecule has 1 atom stereocenters. The van der Waals surface area contributed by atoms with Crippen LogP contribution in [0.5, 0.6) is 5.75 Å². The first-order valence-corrected chi connectivity index (χ1v) is 6.29. The van der Waals surface area contributed by atoms with E-state index in [2.05, 4.69) is 10.1 Å². The Hall–Kier alpha value is -1.88. The maximum Gasteiger partial charge on any atom is 0.229 e. The molecular weight excluding hydrogens is 244 g/mol. The fraction of sp³-hybridized carbons (Fsp3) is 0.429. The summed E-state index contributed by atoms with van der Waals surface area (Å²) in [5.41, 5.74) is 0.813. The van der Waals surface area contributed by atoms with Crippen molar-refractivity contribution < 1.29 is 14.4 Å². The zero-order chi connectivity index (χ0) is 13.8. The minimum absolute atomic E-state index is 0.208. The molecule has 102 valence electrons. The molecule has 0 saturated carbocycles. The summed E-state index contributed by atoms with van der Waals surface area (Å²) < 4.78 is 10.7. The Bertz CT molecular complexity index is 535. The summed E-state index contributed by atoms with van der Waals surface area (Å²) in [6.45, 7) is 5.95. The van der Waals surface area contributed by atoms with Crippen molar-refractivity contribution in [1.82, 2.24) is 10.1 Å². The van der Waals surface area contributed by atoms with E-state index in [4.69, 9.17) is 9.26 Å². The molecule has 1 unspecified atom stereocenters. The molecule has 1 heterocycles. The monoisotopic (exact) mass is 262 g/mol. The van der Waals surface area contributed by atoms with Gasteiger partial charge in [0.25, 0.3) is 0 Å². The molecule has 19 heavy (non-hydrogen) atoms. The molecule has 5 heteroatoms. The highest BCUT2D eigenvalue weighted by Gasteiger charge is 2.10. The zero-order valence-corrected chi connectivity index (χ0v) is 11.3. The van der Waals surface area contributed by atoms with Crippen LogP contribution in [0.15, 0.2) is 28.8 Å².